The lowest BCUT2D eigenvalue weighted by Gasteiger charge is -2.16. The van der Waals surface area contributed by atoms with Gasteiger partial charge in [0.1, 0.15) is 6.04 Å². The molecule has 16 heavy (non-hydrogen) atoms. The summed E-state index contributed by atoms with van der Waals surface area (Å²) in [5, 5.41) is 10.8. The summed E-state index contributed by atoms with van der Waals surface area (Å²) in [6, 6.07) is -1.48. The van der Waals surface area contributed by atoms with E-state index in [1.807, 2.05) is 0 Å². The maximum atomic E-state index is 12.1. The molecule has 0 aromatic rings. The molecule has 0 radical (unpaired) electrons. The Bertz CT molecular complexity index is 265. The third-order valence-electron chi connectivity index (χ3n) is 2.75. The van der Waals surface area contributed by atoms with Crippen LogP contribution in [0.4, 0.5) is 8.78 Å². The number of aliphatic carboxylic acids is 1. The van der Waals surface area contributed by atoms with Crippen LogP contribution in [0, 0.1) is 5.92 Å². The monoisotopic (exact) mass is 235 g/mol. The lowest BCUT2D eigenvalue weighted by Crippen LogP contribution is -2.44. The highest BCUT2D eigenvalue weighted by atomic mass is 19.3. The number of halogens is 2. The number of rotatable bonds is 5. The van der Waals surface area contributed by atoms with E-state index < -0.39 is 30.8 Å². The molecule has 1 aliphatic rings. The summed E-state index contributed by atoms with van der Waals surface area (Å²) >= 11 is 0. The van der Waals surface area contributed by atoms with E-state index in [1.54, 1.807) is 0 Å². The normalized spacial score (nSPS) is 18.7. The van der Waals surface area contributed by atoms with Gasteiger partial charge in [0, 0.05) is 12.3 Å². The Morgan fingerprint density at radius 1 is 1.31 bits per heavy atom. The minimum absolute atomic E-state index is 0.209. The largest absolute Gasteiger partial charge is 0.480 e. The molecule has 0 saturated heterocycles. The average molecular weight is 235 g/mol. The third kappa shape index (κ3) is 3.75. The van der Waals surface area contributed by atoms with Crippen molar-refractivity contribution in [2.24, 2.45) is 5.92 Å². The van der Waals surface area contributed by atoms with Crippen molar-refractivity contribution >= 4 is 11.9 Å². The molecule has 92 valence electrons. The van der Waals surface area contributed by atoms with Gasteiger partial charge in [-0.3, -0.25) is 4.79 Å². The first-order chi connectivity index (χ1) is 7.50. The molecule has 0 aromatic carbocycles. The molecule has 1 fully saturated rings. The first kappa shape index (κ1) is 12.9. The second-order valence-electron chi connectivity index (χ2n) is 4.01. The molecule has 1 aliphatic carbocycles. The van der Waals surface area contributed by atoms with Gasteiger partial charge in [-0.05, 0) is 12.8 Å². The number of alkyl halides is 2. The average Bonchev–Trinajstić information content (AvgIpc) is 2.68. The van der Waals surface area contributed by atoms with Crippen molar-refractivity contribution < 1.29 is 23.5 Å². The predicted octanol–water partition coefficient (Wildman–Crippen LogP) is 1.40. The fraction of sp³-hybridized carbons (Fsp3) is 0.800. The van der Waals surface area contributed by atoms with Crippen LogP contribution in [0.5, 0.6) is 0 Å². The van der Waals surface area contributed by atoms with Gasteiger partial charge in [-0.2, -0.15) is 0 Å². The van der Waals surface area contributed by atoms with Gasteiger partial charge >= 0.3 is 5.97 Å². The maximum absolute atomic E-state index is 12.1. The van der Waals surface area contributed by atoms with Crippen molar-refractivity contribution in [3.8, 4) is 0 Å². The molecule has 0 bridgehead atoms. The Labute approximate surface area is 92.0 Å². The second kappa shape index (κ2) is 5.77. The zero-order valence-corrected chi connectivity index (χ0v) is 8.79. The lowest BCUT2D eigenvalue weighted by atomic mass is 10.1. The number of carboxylic acids is 1. The molecule has 2 N–H and O–H groups in total. The van der Waals surface area contributed by atoms with Gasteiger partial charge < -0.3 is 10.4 Å². The summed E-state index contributed by atoms with van der Waals surface area (Å²) in [5.74, 6) is -2.03. The predicted molar refractivity (Wildman–Crippen MR) is 52.1 cm³/mol. The Kier molecular flexibility index (Phi) is 4.64. The number of hydrogen-bond acceptors (Lipinski definition) is 2. The molecular formula is C10H15F2NO3. The zero-order valence-electron chi connectivity index (χ0n) is 8.79. The Morgan fingerprint density at radius 2 is 1.88 bits per heavy atom. The fourth-order valence-corrected chi connectivity index (χ4v) is 1.88. The molecule has 0 aliphatic heterocycles. The van der Waals surface area contributed by atoms with E-state index in [0.29, 0.717) is 12.8 Å². The molecule has 1 atom stereocenters. The van der Waals surface area contributed by atoms with Gasteiger partial charge in [0.25, 0.3) is 0 Å². The van der Waals surface area contributed by atoms with Gasteiger partial charge in [0.15, 0.2) is 0 Å². The first-order valence-corrected chi connectivity index (χ1v) is 5.32. The Hall–Kier alpha value is -1.20. The SMILES string of the molecule is O=C(NC(CC(F)F)C(=O)O)C1CCCC1. The summed E-state index contributed by atoms with van der Waals surface area (Å²) in [6.07, 6.45) is -0.270. The van der Waals surface area contributed by atoms with E-state index in [9.17, 15) is 18.4 Å². The molecule has 0 spiro atoms. The number of carbonyl (C=O) groups excluding carboxylic acids is 1. The standard InChI is InChI=1S/C10H15F2NO3/c11-8(12)5-7(10(15)16)13-9(14)6-3-1-2-4-6/h6-8H,1-5H2,(H,13,14)(H,15,16). The second-order valence-corrected chi connectivity index (χ2v) is 4.01. The minimum Gasteiger partial charge on any atom is -0.480 e. The van der Waals surface area contributed by atoms with Crippen molar-refractivity contribution in [2.75, 3.05) is 0 Å². The molecule has 1 unspecified atom stereocenters. The Balaban J connectivity index is 2.47. The molecule has 0 aromatic heterocycles. The highest BCUT2D eigenvalue weighted by Gasteiger charge is 2.29. The smallest absolute Gasteiger partial charge is 0.326 e. The van der Waals surface area contributed by atoms with E-state index in [1.165, 1.54) is 0 Å². The third-order valence-corrected chi connectivity index (χ3v) is 2.75. The fourth-order valence-electron chi connectivity index (χ4n) is 1.88. The lowest BCUT2D eigenvalue weighted by molar-refractivity contribution is -0.143. The highest BCUT2D eigenvalue weighted by Crippen LogP contribution is 2.24. The van der Waals surface area contributed by atoms with E-state index in [-0.39, 0.29) is 5.92 Å². The van der Waals surface area contributed by atoms with E-state index in [4.69, 9.17) is 5.11 Å². The van der Waals surface area contributed by atoms with Crippen molar-refractivity contribution in [1.29, 1.82) is 0 Å². The Morgan fingerprint density at radius 3 is 2.31 bits per heavy atom. The summed E-state index contributed by atoms with van der Waals surface area (Å²) < 4.78 is 24.1. The minimum atomic E-state index is -2.73. The molecule has 4 nitrogen and oxygen atoms in total. The summed E-state index contributed by atoms with van der Waals surface area (Å²) in [7, 11) is 0. The van der Waals surface area contributed by atoms with E-state index in [2.05, 4.69) is 5.32 Å². The number of hydrogen-bond donors (Lipinski definition) is 2. The van der Waals surface area contributed by atoms with Gasteiger partial charge in [-0.1, -0.05) is 12.8 Å². The van der Waals surface area contributed by atoms with Crippen LogP contribution in [0.25, 0.3) is 0 Å². The van der Waals surface area contributed by atoms with Gasteiger partial charge in [-0.25, -0.2) is 13.6 Å². The molecule has 1 amide bonds. The number of carbonyl (C=O) groups is 2. The molecule has 6 heteroatoms. The maximum Gasteiger partial charge on any atom is 0.326 e. The van der Waals surface area contributed by atoms with Crippen LogP contribution in [-0.2, 0) is 9.59 Å². The number of amides is 1. The van der Waals surface area contributed by atoms with Crippen LogP contribution in [-0.4, -0.2) is 29.5 Å². The van der Waals surface area contributed by atoms with Gasteiger partial charge in [-0.15, -0.1) is 0 Å². The topological polar surface area (TPSA) is 66.4 Å². The molecule has 0 heterocycles. The van der Waals surface area contributed by atoms with Gasteiger partial charge in [0.2, 0.25) is 12.3 Å². The number of carboxylic acid groups (broad SMARTS) is 1. The van der Waals surface area contributed by atoms with Crippen LogP contribution in [0.3, 0.4) is 0 Å². The van der Waals surface area contributed by atoms with Crippen molar-refractivity contribution in [3.05, 3.63) is 0 Å². The molecule has 1 saturated carbocycles. The van der Waals surface area contributed by atoms with Crippen LogP contribution in [0.15, 0.2) is 0 Å². The summed E-state index contributed by atoms with van der Waals surface area (Å²) in [6.45, 7) is 0. The van der Waals surface area contributed by atoms with Crippen molar-refractivity contribution in [1.82, 2.24) is 5.32 Å². The zero-order chi connectivity index (χ0) is 12.1. The summed E-state index contributed by atoms with van der Waals surface area (Å²) in [4.78, 5) is 22.2. The van der Waals surface area contributed by atoms with E-state index in [0.717, 1.165) is 12.8 Å². The van der Waals surface area contributed by atoms with Crippen LogP contribution in [0.2, 0.25) is 0 Å². The van der Waals surface area contributed by atoms with Crippen molar-refractivity contribution in [2.45, 2.75) is 44.6 Å². The number of nitrogens with one attached hydrogen (secondary N) is 1. The van der Waals surface area contributed by atoms with Crippen LogP contribution >= 0.6 is 0 Å². The van der Waals surface area contributed by atoms with Crippen LogP contribution in [0.1, 0.15) is 32.1 Å². The first-order valence-electron chi connectivity index (χ1n) is 5.32. The quantitative estimate of drug-likeness (QED) is 0.757. The van der Waals surface area contributed by atoms with Gasteiger partial charge in [0.05, 0.1) is 0 Å². The van der Waals surface area contributed by atoms with E-state index >= 15 is 0 Å². The van der Waals surface area contributed by atoms with Crippen LogP contribution < -0.4 is 5.32 Å². The molecule has 1 rings (SSSR count). The summed E-state index contributed by atoms with van der Waals surface area (Å²) in [5.41, 5.74) is 0. The van der Waals surface area contributed by atoms with Crippen molar-refractivity contribution in [3.63, 3.8) is 0 Å². The highest BCUT2D eigenvalue weighted by molar-refractivity contribution is 5.85. The molecular weight excluding hydrogens is 220 g/mol.